The molecule has 1 heterocycles. The zero-order valence-corrected chi connectivity index (χ0v) is 12.3. The normalized spacial score (nSPS) is 16.1. The summed E-state index contributed by atoms with van der Waals surface area (Å²) in [7, 11) is 0. The minimum atomic E-state index is -0.768. The lowest BCUT2D eigenvalue weighted by Crippen LogP contribution is -2.05. The van der Waals surface area contributed by atoms with E-state index in [0.717, 1.165) is 24.4 Å². The largest absolute Gasteiger partial charge is 0.481 e. The molecule has 0 saturated heterocycles. The Balaban J connectivity index is 2.09. The number of aliphatic carboxylic acids is 1. The second-order valence-electron chi connectivity index (χ2n) is 5.15. The molecule has 4 nitrogen and oxygen atoms in total. The van der Waals surface area contributed by atoms with Crippen molar-refractivity contribution in [3.05, 3.63) is 11.8 Å². The molecule has 0 bridgehead atoms. The van der Waals surface area contributed by atoms with Crippen molar-refractivity contribution in [3.63, 3.8) is 0 Å². The van der Waals surface area contributed by atoms with Crippen molar-refractivity contribution in [2.75, 3.05) is 5.75 Å². The van der Waals surface area contributed by atoms with E-state index >= 15 is 0 Å². The van der Waals surface area contributed by atoms with Crippen LogP contribution < -0.4 is 0 Å². The summed E-state index contributed by atoms with van der Waals surface area (Å²) in [4.78, 5) is 10.7. The molecular formula is C14H22N2O2S. The van der Waals surface area contributed by atoms with E-state index in [2.05, 4.69) is 13.0 Å². The van der Waals surface area contributed by atoms with Crippen LogP contribution in [0.5, 0.6) is 0 Å². The quantitative estimate of drug-likeness (QED) is 0.777. The first-order valence-corrected chi connectivity index (χ1v) is 8.11. The molecule has 0 amide bonds. The van der Waals surface area contributed by atoms with Crippen molar-refractivity contribution in [2.45, 2.75) is 62.9 Å². The molecule has 0 aromatic carbocycles. The van der Waals surface area contributed by atoms with Gasteiger partial charge in [0.05, 0.1) is 16.5 Å². The average Bonchev–Trinajstić information content (AvgIpc) is 3.02. The molecule has 1 aromatic rings. The summed E-state index contributed by atoms with van der Waals surface area (Å²) < 4.78 is 2.00. The fourth-order valence-corrected chi connectivity index (χ4v) is 3.32. The topological polar surface area (TPSA) is 55.1 Å². The molecule has 0 unspecified atom stereocenters. The third kappa shape index (κ3) is 4.00. The predicted octanol–water partition coefficient (Wildman–Crippen LogP) is 3.52. The van der Waals surface area contributed by atoms with Gasteiger partial charge in [0.1, 0.15) is 0 Å². The lowest BCUT2D eigenvalue weighted by atomic mass is 10.1. The van der Waals surface area contributed by atoms with Gasteiger partial charge >= 0.3 is 5.97 Å². The second kappa shape index (κ2) is 6.98. The van der Waals surface area contributed by atoms with Crippen LogP contribution in [0.1, 0.15) is 57.1 Å². The first-order valence-electron chi connectivity index (χ1n) is 7.13. The monoisotopic (exact) mass is 282 g/mol. The number of nitrogens with zero attached hydrogens (tertiary/aromatic N) is 2. The first kappa shape index (κ1) is 14.4. The highest BCUT2D eigenvalue weighted by Crippen LogP contribution is 2.35. The van der Waals surface area contributed by atoms with Gasteiger partial charge in [-0.05, 0) is 25.3 Å². The van der Waals surface area contributed by atoms with Gasteiger partial charge in [-0.3, -0.25) is 9.48 Å². The highest BCUT2D eigenvalue weighted by molar-refractivity contribution is 7.99. The molecule has 1 aliphatic rings. The Morgan fingerprint density at radius 2 is 2.26 bits per heavy atom. The SMILES string of the molecule is CCCCn1nc(C2CCCC2)cc1SCC(=O)O. The van der Waals surface area contributed by atoms with Crippen LogP contribution in [-0.2, 0) is 11.3 Å². The Kier molecular flexibility index (Phi) is 5.31. The molecule has 2 rings (SSSR count). The lowest BCUT2D eigenvalue weighted by molar-refractivity contribution is -0.133. The maximum Gasteiger partial charge on any atom is 0.313 e. The Hall–Kier alpha value is -0.970. The van der Waals surface area contributed by atoms with Crippen LogP contribution in [0.25, 0.3) is 0 Å². The summed E-state index contributed by atoms with van der Waals surface area (Å²) in [5, 5.41) is 14.5. The number of rotatable bonds is 7. The highest BCUT2D eigenvalue weighted by atomic mass is 32.2. The number of aromatic nitrogens is 2. The summed E-state index contributed by atoms with van der Waals surface area (Å²) in [5.41, 5.74) is 1.17. The number of hydrogen-bond donors (Lipinski definition) is 1. The van der Waals surface area contributed by atoms with E-state index in [0.29, 0.717) is 5.92 Å². The van der Waals surface area contributed by atoms with Crippen LogP contribution in [0, 0.1) is 0 Å². The third-order valence-electron chi connectivity index (χ3n) is 3.60. The second-order valence-corrected chi connectivity index (χ2v) is 6.14. The third-order valence-corrected chi connectivity index (χ3v) is 4.62. The fourth-order valence-electron chi connectivity index (χ4n) is 2.56. The first-order chi connectivity index (χ1) is 9.20. The molecule has 19 heavy (non-hydrogen) atoms. The van der Waals surface area contributed by atoms with Crippen molar-refractivity contribution >= 4 is 17.7 Å². The predicted molar refractivity (Wildman–Crippen MR) is 76.7 cm³/mol. The van der Waals surface area contributed by atoms with Crippen LogP contribution in [0.3, 0.4) is 0 Å². The van der Waals surface area contributed by atoms with Crippen molar-refractivity contribution in [1.29, 1.82) is 0 Å². The van der Waals surface area contributed by atoms with Crippen molar-refractivity contribution in [2.24, 2.45) is 0 Å². The van der Waals surface area contributed by atoms with Gasteiger partial charge in [-0.1, -0.05) is 37.9 Å². The molecule has 1 N–H and O–H groups in total. The molecule has 1 aromatic heterocycles. The zero-order valence-electron chi connectivity index (χ0n) is 11.5. The summed E-state index contributed by atoms with van der Waals surface area (Å²) in [6.45, 7) is 3.05. The molecule has 1 fully saturated rings. The van der Waals surface area contributed by atoms with E-state index < -0.39 is 5.97 Å². The molecular weight excluding hydrogens is 260 g/mol. The molecule has 0 aliphatic heterocycles. The van der Waals surface area contributed by atoms with Crippen molar-refractivity contribution in [1.82, 2.24) is 9.78 Å². The van der Waals surface area contributed by atoms with Crippen LogP contribution in [-0.4, -0.2) is 26.6 Å². The summed E-state index contributed by atoms with van der Waals surface area (Å²) >= 11 is 1.39. The van der Waals surface area contributed by atoms with Crippen molar-refractivity contribution in [3.8, 4) is 0 Å². The zero-order chi connectivity index (χ0) is 13.7. The molecule has 0 radical (unpaired) electrons. The molecule has 106 valence electrons. The number of carboxylic acids is 1. The van der Waals surface area contributed by atoms with Gasteiger partial charge in [0.25, 0.3) is 0 Å². The molecule has 0 spiro atoms. The number of carbonyl (C=O) groups is 1. The van der Waals surface area contributed by atoms with Gasteiger partial charge in [-0.25, -0.2) is 0 Å². The number of hydrogen-bond acceptors (Lipinski definition) is 3. The van der Waals surface area contributed by atoms with Gasteiger partial charge in [0, 0.05) is 12.5 Å². The Morgan fingerprint density at radius 3 is 2.89 bits per heavy atom. The van der Waals surface area contributed by atoms with Crippen LogP contribution in [0.2, 0.25) is 0 Å². The van der Waals surface area contributed by atoms with E-state index in [1.165, 1.54) is 43.1 Å². The summed E-state index contributed by atoms with van der Waals surface area (Å²) in [6, 6.07) is 2.11. The fraction of sp³-hybridized carbons (Fsp3) is 0.714. The maximum absolute atomic E-state index is 10.7. The number of unbranched alkanes of at least 4 members (excludes halogenated alkanes) is 1. The van der Waals surface area contributed by atoms with Gasteiger partial charge < -0.3 is 5.11 Å². The summed E-state index contributed by atoms with van der Waals surface area (Å²) in [6.07, 6.45) is 7.27. The maximum atomic E-state index is 10.7. The molecule has 1 aliphatic carbocycles. The highest BCUT2D eigenvalue weighted by Gasteiger charge is 2.21. The van der Waals surface area contributed by atoms with Crippen LogP contribution in [0.4, 0.5) is 0 Å². The van der Waals surface area contributed by atoms with Crippen LogP contribution in [0.15, 0.2) is 11.1 Å². The van der Waals surface area contributed by atoms with E-state index in [4.69, 9.17) is 10.2 Å². The minimum Gasteiger partial charge on any atom is -0.481 e. The van der Waals surface area contributed by atoms with E-state index in [-0.39, 0.29) is 5.75 Å². The van der Waals surface area contributed by atoms with E-state index in [1.807, 2.05) is 4.68 Å². The molecule has 0 atom stereocenters. The van der Waals surface area contributed by atoms with Gasteiger partial charge in [0.15, 0.2) is 0 Å². The Labute approximate surface area is 118 Å². The summed E-state index contributed by atoms with van der Waals surface area (Å²) in [5.74, 6) is -0.0650. The van der Waals surface area contributed by atoms with E-state index in [1.54, 1.807) is 0 Å². The van der Waals surface area contributed by atoms with Gasteiger partial charge in [0.2, 0.25) is 0 Å². The van der Waals surface area contributed by atoms with Crippen LogP contribution >= 0.6 is 11.8 Å². The number of aryl methyl sites for hydroxylation is 1. The standard InChI is InChI=1S/C14H22N2O2S/c1-2-3-8-16-13(19-10-14(17)18)9-12(15-16)11-6-4-5-7-11/h9,11H,2-8,10H2,1H3,(H,17,18). The number of carboxylic acid groups (broad SMARTS) is 1. The van der Waals surface area contributed by atoms with Gasteiger partial charge in [-0.2, -0.15) is 5.10 Å². The average molecular weight is 282 g/mol. The Bertz CT molecular complexity index is 425. The van der Waals surface area contributed by atoms with E-state index in [9.17, 15) is 4.79 Å². The molecule has 5 heteroatoms. The smallest absolute Gasteiger partial charge is 0.313 e. The Morgan fingerprint density at radius 1 is 1.53 bits per heavy atom. The lowest BCUT2D eigenvalue weighted by Gasteiger charge is -2.05. The van der Waals surface area contributed by atoms with Gasteiger partial charge in [-0.15, -0.1) is 0 Å². The molecule has 1 saturated carbocycles. The van der Waals surface area contributed by atoms with Crippen molar-refractivity contribution < 1.29 is 9.90 Å². The minimum absolute atomic E-state index is 0.113. The number of thioether (sulfide) groups is 1.